The second-order valence-corrected chi connectivity index (χ2v) is 10.2. The highest BCUT2D eigenvalue weighted by Crippen LogP contribution is 2.30. The van der Waals surface area contributed by atoms with Crippen molar-refractivity contribution in [1.82, 2.24) is 15.3 Å². The lowest BCUT2D eigenvalue weighted by Crippen LogP contribution is -2.35. The summed E-state index contributed by atoms with van der Waals surface area (Å²) in [5, 5.41) is 6.74. The zero-order chi connectivity index (χ0) is 22.3. The van der Waals surface area contributed by atoms with E-state index in [1.165, 1.54) is 24.1 Å². The van der Waals surface area contributed by atoms with Crippen molar-refractivity contribution in [3.63, 3.8) is 0 Å². The van der Waals surface area contributed by atoms with Gasteiger partial charge in [0.05, 0.1) is 11.4 Å². The number of anilines is 2. The maximum absolute atomic E-state index is 12.2. The highest BCUT2D eigenvalue weighted by atomic mass is 32.2. The topological polar surface area (TPSA) is 70.2 Å². The molecule has 1 heterocycles. The molecule has 0 atom stereocenters. The molecule has 2 aliphatic carbocycles. The van der Waals surface area contributed by atoms with Gasteiger partial charge in [0.2, 0.25) is 11.9 Å². The van der Waals surface area contributed by atoms with Crippen LogP contribution in [0.4, 0.5) is 11.8 Å². The van der Waals surface area contributed by atoms with Gasteiger partial charge in [-0.3, -0.25) is 4.79 Å². The third-order valence-electron chi connectivity index (χ3n) is 6.47. The van der Waals surface area contributed by atoms with E-state index in [1.807, 2.05) is 30.3 Å². The number of thioether (sulfide) groups is 1. The molecule has 1 fully saturated rings. The molecule has 4 rings (SSSR count). The molecule has 1 aromatic heterocycles. The number of hydrogen-bond donors (Lipinski definition) is 2. The van der Waals surface area contributed by atoms with Crippen molar-refractivity contribution in [2.45, 2.75) is 62.3 Å². The first-order chi connectivity index (χ1) is 15.6. The number of rotatable bonds is 8. The van der Waals surface area contributed by atoms with Gasteiger partial charge in [-0.05, 0) is 69.4 Å². The van der Waals surface area contributed by atoms with Crippen LogP contribution in [0.25, 0.3) is 0 Å². The summed E-state index contributed by atoms with van der Waals surface area (Å²) >= 11 is 1.59. The Balaban J connectivity index is 1.22. The van der Waals surface area contributed by atoms with Gasteiger partial charge in [0, 0.05) is 37.1 Å². The van der Waals surface area contributed by atoms with Crippen molar-refractivity contribution in [2.24, 2.45) is 5.92 Å². The van der Waals surface area contributed by atoms with E-state index in [0.29, 0.717) is 17.7 Å². The summed E-state index contributed by atoms with van der Waals surface area (Å²) < 4.78 is 0. The van der Waals surface area contributed by atoms with Gasteiger partial charge >= 0.3 is 0 Å². The molecule has 2 aliphatic rings. The minimum absolute atomic E-state index is 0.123. The Bertz CT molecular complexity index is 897. The van der Waals surface area contributed by atoms with Crippen LogP contribution in [0, 0.1) is 5.92 Å². The monoisotopic (exact) mass is 453 g/mol. The summed E-state index contributed by atoms with van der Waals surface area (Å²) in [7, 11) is 4.14. The van der Waals surface area contributed by atoms with Crippen molar-refractivity contribution in [2.75, 3.05) is 36.6 Å². The van der Waals surface area contributed by atoms with Crippen LogP contribution in [0.5, 0.6) is 0 Å². The fourth-order valence-electron chi connectivity index (χ4n) is 4.68. The summed E-state index contributed by atoms with van der Waals surface area (Å²) in [6, 6.07) is 10.5. The van der Waals surface area contributed by atoms with Gasteiger partial charge in [-0.2, -0.15) is 4.98 Å². The maximum atomic E-state index is 12.2. The van der Waals surface area contributed by atoms with E-state index in [0.717, 1.165) is 61.7 Å². The van der Waals surface area contributed by atoms with Gasteiger partial charge in [-0.25, -0.2) is 4.98 Å². The Labute approximate surface area is 196 Å². The molecular weight excluding hydrogens is 418 g/mol. The van der Waals surface area contributed by atoms with Gasteiger partial charge in [0.15, 0.2) is 0 Å². The largest absolute Gasteiger partial charge is 0.362 e. The smallest absolute Gasteiger partial charge is 0.230 e. The second kappa shape index (κ2) is 11.0. The van der Waals surface area contributed by atoms with Crippen molar-refractivity contribution in [1.29, 1.82) is 0 Å². The van der Waals surface area contributed by atoms with Crippen molar-refractivity contribution < 1.29 is 4.79 Å². The Morgan fingerprint density at radius 3 is 2.56 bits per heavy atom. The lowest BCUT2D eigenvalue weighted by Gasteiger charge is -2.30. The second-order valence-electron chi connectivity index (χ2n) is 9.17. The molecule has 6 nitrogen and oxygen atoms in total. The number of aromatic nitrogens is 2. The number of benzene rings is 1. The summed E-state index contributed by atoms with van der Waals surface area (Å²) in [5.74, 6) is 3.01. The van der Waals surface area contributed by atoms with Crippen molar-refractivity contribution >= 4 is 29.4 Å². The normalized spacial score (nSPS) is 20.3. The van der Waals surface area contributed by atoms with Gasteiger partial charge < -0.3 is 15.5 Å². The number of hydrogen-bond acceptors (Lipinski definition) is 6. The van der Waals surface area contributed by atoms with Crippen molar-refractivity contribution in [3.05, 3.63) is 41.6 Å². The fraction of sp³-hybridized carbons (Fsp3) is 0.560. The Morgan fingerprint density at radius 1 is 1.06 bits per heavy atom. The van der Waals surface area contributed by atoms with Gasteiger partial charge in [0.25, 0.3) is 0 Å². The highest BCUT2D eigenvalue weighted by Gasteiger charge is 2.24. The van der Waals surface area contributed by atoms with Crippen LogP contribution in [-0.2, 0) is 17.6 Å². The number of carbonyl (C=O) groups excluding carboxylic acids is 1. The van der Waals surface area contributed by atoms with Gasteiger partial charge in [-0.15, -0.1) is 11.8 Å². The third-order valence-corrected chi connectivity index (χ3v) is 7.48. The Hall–Kier alpha value is -2.28. The molecule has 172 valence electrons. The molecule has 1 saturated carbocycles. The molecule has 1 amide bonds. The number of nitrogens with zero attached hydrogens (tertiary/aromatic N) is 3. The quantitative estimate of drug-likeness (QED) is 0.581. The molecule has 0 bridgehead atoms. The summed E-state index contributed by atoms with van der Waals surface area (Å²) in [4.78, 5) is 25.2. The maximum Gasteiger partial charge on any atom is 0.230 e. The number of aryl methyl sites for hydroxylation is 1. The van der Waals surface area contributed by atoms with Gasteiger partial charge in [-0.1, -0.05) is 18.2 Å². The predicted octanol–water partition coefficient (Wildman–Crippen LogP) is 4.30. The molecule has 1 aromatic carbocycles. The number of amides is 1. The van der Waals surface area contributed by atoms with E-state index in [9.17, 15) is 4.79 Å². The molecule has 32 heavy (non-hydrogen) atoms. The molecular formula is C25H35N5OS. The lowest BCUT2D eigenvalue weighted by molar-refractivity contribution is -0.118. The van der Waals surface area contributed by atoms with E-state index in [4.69, 9.17) is 9.97 Å². The summed E-state index contributed by atoms with van der Waals surface area (Å²) in [5.41, 5.74) is 2.55. The van der Waals surface area contributed by atoms with Crippen LogP contribution < -0.4 is 15.5 Å². The van der Waals surface area contributed by atoms with Gasteiger partial charge in [0.1, 0.15) is 5.82 Å². The first-order valence-electron chi connectivity index (χ1n) is 11.9. The minimum atomic E-state index is 0.123. The van der Waals surface area contributed by atoms with Crippen LogP contribution in [0.15, 0.2) is 35.2 Å². The summed E-state index contributed by atoms with van der Waals surface area (Å²) in [6.07, 6.45) is 9.03. The average molecular weight is 454 g/mol. The molecule has 0 unspecified atom stereocenters. The first-order valence-corrected chi connectivity index (χ1v) is 12.8. The first kappa shape index (κ1) is 22.9. The van der Waals surface area contributed by atoms with Crippen LogP contribution >= 0.6 is 11.8 Å². The molecule has 7 heteroatoms. The number of carbonyl (C=O) groups is 1. The van der Waals surface area contributed by atoms with E-state index in [2.05, 4.69) is 29.6 Å². The molecule has 0 spiro atoms. The van der Waals surface area contributed by atoms with E-state index in [-0.39, 0.29) is 5.91 Å². The molecule has 0 aliphatic heterocycles. The van der Waals surface area contributed by atoms with E-state index < -0.39 is 0 Å². The van der Waals surface area contributed by atoms with Crippen LogP contribution in [0.1, 0.15) is 49.8 Å². The van der Waals surface area contributed by atoms with Crippen LogP contribution in [0.2, 0.25) is 0 Å². The predicted molar refractivity (Wildman–Crippen MR) is 133 cm³/mol. The van der Waals surface area contributed by atoms with Crippen molar-refractivity contribution in [3.8, 4) is 0 Å². The fourth-order valence-corrected chi connectivity index (χ4v) is 5.43. The highest BCUT2D eigenvalue weighted by molar-refractivity contribution is 8.00. The van der Waals surface area contributed by atoms with E-state index in [1.54, 1.807) is 11.8 Å². The minimum Gasteiger partial charge on any atom is -0.362 e. The molecule has 2 N–H and O–H groups in total. The summed E-state index contributed by atoms with van der Waals surface area (Å²) in [6.45, 7) is 0.779. The van der Waals surface area contributed by atoms with Crippen LogP contribution in [0.3, 0.4) is 0 Å². The molecule has 0 saturated heterocycles. The lowest BCUT2D eigenvalue weighted by atomic mass is 9.86. The SMILES string of the molecule is CN(C)c1nc(N[C@H]2CC[C@@H](CNC(=O)CSc3ccccc3)CC2)nc2c1CCCC2. The number of fused-ring (bicyclic) bond motifs is 1. The Kier molecular flexibility index (Phi) is 7.90. The van der Waals surface area contributed by atoms with E-state index >= 15 is 0 Å². The zero-order valence-corrected chi connectivity index (χ0v) is 20.1. The standard InChI is InChI=1S/C25H35N5OS/c1-30(2)24-21-10-6-7-11-22(21)28-25(29-24)27-19-14-12-18(13-15-19)16-26-23(31)17-32-20-8-4-3-5-9-20/h3-5,8-9,18-19H,6-7,10-17H2,1-2H3,(H,26,31)(H,27,28,29)/t18-,19+. The molecule has 2 aromatic rings. The molecule has 0 radical (unpaired) electrons. The Morgan fingerprint density at radius 2 is 1.81 bits per heavy atom. The number of nitrogens with one attached hydrogen (secondary N) is 2. The average Bonchev–Trinajstić information content (AvgIpc) is 2.82. The zero-order valence-electron chi connectivity index (χ0n) is 19.3. The third kappa shape index (κ3) is 6.15. The van der Waals surface area contributed by atoms with Crippen LogP contribution in [-0.4, -0.2) is 48.3 Å².